The van der Waals surface area contributed by atoms with Crippen LogP contribution in [0.25, 0.3) is 0 Å². The van der Waals surface area contributed by atoms with Crippen LogP contribution in [-0.4, -0.2) is 5.78 Å². The number of carbonyl (C=O) groups excluding carboxylic acids is 1. The molecule has 0 heterocycles. The molecular formula is C9H6Cl2O. The van der Waals surface area contributed by atoms with Gasteiger partial charge in [0, 0.05) is 11.1 Å². The third-order valence-corrected chi connectivity index (χ3v) is 1.96. The summed E-state index contributed by atoms with van der Waals surface area (Å²) in [5.41, 5.74) is 1.61. The third-order valence-electron chi connectivity index (χ3n) is 1.35. The zero-order valence-corrected chi connectivity index (χ0v) is 7.64. The lowest BCUT2D eigenvalue weighted by Crippen LogP contribution is -1.97. The molecule has 3 heteroatoms. The number of ketones is 1. The van der Waals surface area contributed by atoms with Crippen molar-refractivity contribution in [2.24, 2.45) is 0 Å². The van der Waals surface area contributed by atoms with Gasteiger partial charge in [0.15, 0.2) is 0 Å². The van der Waals surface area contributed by atoms with Gasteiger partial charge in [0.25, 0.3) is 0 Å². The fourth-order valence-corrected chi connectivity index (χ4v) is 0.985. The molecule has 0 N–H and O–H groups in total. The largest absolute Gasteiger partial charge is 0.288 e. The molecule has 0 saturated heterocycles. The van der Waals surface area contributed by atoms with E-state index in [1.807, 2.05) is 6.07 Å². The average Bonchev–Trinajstić information content (AvgIpc) is 2.17. The van der Waals surface area contributed by atoms with E-state index in [0.717, 1.165) is 5.54 Å². The highest BCUT2D eigenvalue weighted by Crippen LogP contribution is 2.12. The normalized spacial score (nSPS) is 11.3. The van der Waals surface area contributed by atoms with Crippen molar-refractivity contribution in [2.45, 2.75) is 0 Å². The van der Waals surface area contributed by atoms with Crippen LogP contribution in [0.5, 0.6) is 0 Å². The van der Waals surface area contributed by atoms with Gasteiger partial charge >= 0.3 is 0 Å². The molecule has 0 fully saturated rings. The molecule has 1 aromatic rings. The molecule has 0 aromatic heterocycles. The van der Waals surface area contributed by atoms with Crippen molar-refractivity contribution in [3.05, 3.63) is 46.5 Å². The molecule has 0 amide bonds. The number of allylic oxidation sites excluding steroid dienone is 1. The lowest BCUT2D eigenvalue weighted by molar-refractivity contribution is 0.104. The summed E-state index contributed by atoms with van der Waals surface area (Å²) in [4.78, 5) is 11.3. The van der Waals surface area contributed by atoms with Crippen LogP contribution in [0.1, 0.15) is 10.4 Å². The summed E-state index contributed by atoms with van der Waals surface area (Å²) in [7, 11) is 0. The van der Waals surface area contributed by atoms with Crippen molar-refractivity contribution >= 4 is 29.0 Å². The summed E-state index contributed by atoms with van der Waals surface area (Å²) in [6.07, 6.45) is 0. The number of hydrogen-bond acceptors (Lipinski definition) is 1. The predicted octanol–water partition coefficient (Wildman–Crippen LogP) is 3.19. The Morgan fingerprint density at radius 3 is 2.33 bits per heavy atom. The Hall–Kier alpha value is -0.790. The summed E-state index contributed by atoms with van der Waals surface area (Å²) < 4.78 is 0. The maximum atomic E-state index is 11.3. The second-order valence-corrected chi connectivity index (χ2v) is 2.78. The Morgan fingerprint density at radius 1 is 1.25 bits per heavy atom. The van der Waals surface area contributed by atoms with Crippen LogP contribution < -0.4 is 0 Å². The van der Waals surface area contributed by atoms with Gasteiger partial charge in [-0.25, -0.2) is 0 Å². The van der Waals surface area contributed by atoms with E-state index in [1.165, 1.54) is 0 Å². The zero-order chi connectivity index (χ0) is 8.97. The first kappa shape index (κ1) is 9.30. The molecule has 0 radical (unpaired) electrons. The van der Waals surface area contributed by atoms with Gasteiger partial charge in [-0.15, -0.1) is 0 Å². The minimum Gasteiger partial charge on any atom is -0.288 e. The molecule has 0 unspecified atom stereocenters. The van der Waals surface area contributed by atoms with Gasteiger partial charge < -0.3 is 0 Å². The van der Waals surface area contributed by atoms with E-state index in [0.29, 0.717) is 5.56 Å². The lowest BCUT2D eigenvalue weighted by Gasteiger charge is -1.95. The smallest absolute Gasteiger partial charge is 0.205 e. The van der Waals surface area contributed by atoms with E-state index in [2.05, 4.69) is 0 Å². The van der Waals surface area contributed by atoms with Crippen molar-refractivity contribution in [3.63, 3.8) is 0 Å². The fourth-order valence-electron chi connectivity index (χ4n) is 0.777. The molecule has 0 aliphatic rings. The van der Waals surface area contributed by atoms with Crippen LogP contribution in [0, 0.1) is 0 Å². The van der Waals surface area contributed by atoms with E-state index in [4.69, 9.17) is 23.2 Å². The van der Waals surface area contributed by atoms with E-state index < -0.39 is 0 Å². The third kappa shape index (κ3) is 2.10. The molecule has 62 valence electrons. The van der Waals surface area contributed by atoms with Gasteiger partial charge in [0.05, 0.1) is 5.03 Å². The lowest BCUT2D eigenvalue weighted by atomic mass is 10.1. The number of halogens is 2. The fraction of sp³-hybridized carbons (Fsp3) is 0. The average molecular weight is 201 g/mol. The Balaban J connectivity index is 2.94. The van der Waals surface area contributed by atoms with Crippen LogP contribution >= 0.6 is 23.2 Å². The first-order valence-corrected chi connectivity index (χ1v) is 4.13. The number of Topliss-reactive ketones (excluding diaryl/α,β-unsaturated/α-hetero) is 1. The molecule has 0 aliphatic heterocycles. The van der Waals surface area contributed by atoms with E-state index in [9.17, 15) is 4.79 Å². The van der Waals surface area contributed by atoms with Crippen LogP contribution in [0.3, 0.4) is 0 Å². The Bertz CT molecular complexity index is 304. The van der Waals surface area contributed by atoms with Gasteiger partial charge in [0.2, 0.25) is 5.78 Å². The summed E-state index contributed by atoms with van der Waals surface area (Å²) in [6.45, 7) is 0. The molecule has 1 nitrogen and oxygen atoms in total. The molecular weight excluding hydrogens is 195 g/mol. The quantitative estimate of drug-likeness (QED) is 0.530. The van der Waals surface area contributed by atoms with Crippen LogP contribution in [-0.2, 0) is 0 Å². The molecule has 0 atom stereocenters. The second kappa shape index (κ2) is 4.29. The first-order valence-electron chi connectivity index (χ1n) is 3.31. The number of carbonyl (C=O) groups is 1. The molecule has 1 aromatic carbocycles. The summed E-state index contributed by atoms with van der Waals surface area (Å²) in [5.74, 6) is -0.257. The van der Waals surface area contributed by atoms with E-state index in [-0.39, 0.29) is 10.8 Å². The van der Waals surface area contributed by atoms with Crippen LogP contribution in [0.2, 0.25) is 0 Å². The van der Waals surface area contributed by atoms with Gasteiger partial charge in [-0.1, -0.05) is 53.5 Å². The summed E-state index contributed by atoms with van der Waals surface area (Å²) in [5, 5.41) is 0.0304. The highest BCUT2D eigenvalue weighted by Gasteiger charge is 2.07. The topological polar surface area (TPSA) is 17.1 Å². The molecule has 12 heavy (non-hydrogen) atoms. The molecule has 0 saturated carbocycles. The van der Waals surface area contributed by atoms with Gasteiger partial charge in [0.1, 0.15) is 0 Å². The number of benzene rings is 1. The van der Waals surface area contributed by atoms with Crippen molar-refractivity contribution in [3.8, 4) is 0 Å². The van der Waals surface area contributed by atoms with Crippen LogP contribution in [0.15, 0.2) is 40.9 Å². The number of rotatable bonds is 2. The Labute approximate surface area is 80.6 Å². The zero-order valence-electron chi connectivity index (χ0n) is 6.13. The van der Waals surface area contributed by atoms with Gasteiger partial charge in [-0.05, 0) is 0 Å². The molecule has 0 bridgehead atoms. The maximum Gasteiger partial charge on any atom is 0.205 e. The Kier molecular flexibility index (Phi) is 3.32. The standard InChI is InChI=1S/C9H6Cl2O/c10-6-8(11)9(12)7-4-2-1-3-5-7/h1-6H. The summed E-state index contributed by atoms with van der Waals surface area (Å²) in [6, 6.07) is 8.74. The second-order valence-electron chi connectivity index (χ2n) is 2.15. The number of hydrogen-bond donors (Lipinski definition) is 0. The highest BCUT2D eigenvalue weighted by molar-refractivity contribution is 6.48. The molecule has 0 spiro atoms. The van der Waals surface area contributed by atoms with Crippen molar-refractivity contribution < 1.29 is 4.79 Å². The van der Waals surface area contributed by atoms with Gasteiger partial charge in [-0.2, -0.15) is 0 Å². The predicted molar refractivity (Wildman–Crippen MR) is 50.6 cm³/mol. The van der Waals surface area contributed by atoms with Crippen molar-refractivity contribution in [2.75, 3.05) is 0 Å². The van der Waals surface area contributed by atoms with E-state index in [1.54, 1.807) is 24.3 Å². The van der Waals surface area contributed by atoms with Gasteiger partial charge in [-0.3, -0.25) is 4.79 Å². The SMILES string of the molecule is O=C(C(Cl)=CCl)c1ccccc1. The molecule has 0 aliphatic carbocycles. The Morgan fingerprint density at radius 2 is 1.83 bits per heavy atom. The maximum absolute atomic E-state index is 11.3. The highest BCUT2D eigenvalue weighted by atomic mass is 35.5. The van der Waals surface area contributed by atoms with Crippen molar-refractivity contribution in [1.82, 2.24) is 0 Å². The summed E-state index contributed by atoms with van der Waals surface area (Å²) >= 11 is 10.8. The minimum atomic E-state index is -0.257. The van der Waals surface area contributed by atoms with Crippen molar-refractivity contribution in [1.29, 1.82) is 0 Å². The minimum absolute atomic E-state index is 0.0304. The molecule has 1 rings (SSSR count). The van der Waals surface area contributed by atoms with E-state index >= 15 is 0 Å². The van der Waals surface area contributed by atoms with Crippen LogP contribution in [0.4, 0.5) is 0 Å². The monoisotopic (exact) mass is 200 g/mol. The first-order chi connectivity index (χ1) is 5.75.